The molecule has 0 aromatic carbocycles. The van der Waals surface area contributed by atoms with Crippen molar-refractivity contribution >= 4 is 17.6 Å². The molecule has 19 heavy (non-hydrogen) atoms. The molecule has 2 aromatic heterocycles. The van der Waals surface area contributed by atoms with E-state index in [9.17, 15) is 13.6 Å². The second kappa shape index (κ2) is 4.93. The number of aryl methyl sites for hydroxylation is 1. The minimum absolute atomic E-state index is 0.0495. The standard InChI is InChI=1S/C11H8ClF2N3O2/c1-5-4-7(9(13)14)16-17(5)10-6(11(18)19)2-3-8(12)15-10/h2-4,9H,1H3,(H,18,19). The highest BCUT2D eigenvalue weighted by molar-refractivity contribution is 6.29. The second-order valence-electron chi connectivity index (χ2n) is 3.73. The van der Waals surface area contributed by atoms with Crippen LogP contribution in [0, 0.1) is 6.92 Å². The molecule has 0 radical (unpaired) electrons. The van der Waals surface area contributed by atoms with Gasteiger partial charge in [-0.25, -0.2) is 23.2 Å². The number of carboxylic acid groups (broad SMARTS) is 1. The maximum absolute atomic E-state index is 12.6. The number of aromatic carboxylic acids is 1. The van der Waals surface area contributed by atoms with Crippen LogP contribution in [0.25, 0.3) is 5.82 Å². The van der Waals surface area contributed by atoms with E-state index in [1.165, 1.54) is 25.1 Å². The largest absolute Gasteiger partial charge is 0.478 e. The van der Waals surface area contributed by atoms with Crippen molar-refractivity contribution in [1.82, 2.24) is 14.8 Å². The molecule has 0 fully saturated rings. The van der Waals surface area contributed by atoms with Gasteiger partial charge in [0.2, 0.25) is 0 Å². The van der Waals surface area contributed by atoms with Gasteiger partial charge < -0.3 is 5.11 Å². The van der Waals surface area contributed by atoms with Crippen LogP contribution < -0.4 is 0 Å². The zero-order chi connectivity index (χ0) is 14.2. The summed E-state index contributed by atoms with van der Waals surface area (Å²) in [6.45, 7) is 1.52. The molecule has 0 aliphatic rings. The van der Waals surface area contributed by atoms with Crippen LogP contribution in [-0.2, 0) is 0 Å². The van der Waals surface area contributed by atoms with Gasteiger partial charge >= 0.3 is 5.97 Å². The predicted molar refractivity (Wildman–Crippen MR) is 63.0 cm³/mol. The Balaban J connectivity index is 2.64. The summed E-state index contributed by atoms with van der Waals surface area (Å²) in [6, 6.07) is 3.72. The summed E-state index contributed by atoms with van der Waals surface area (Å²) < 4.78 is 26.2. The molecule has 2 aromatic rings. The Hall–Kier alpha value is -2.02. The van der Waals surface area contributed by atoms with Gasteiger partial charge in [-0.15, -0.1) is 0 Å². The van der Waals surface area contributed by atoms with Gasteiger partial charge in [0, 0.05) is 5.69 Å². The molecule has 2 heterocycles. The molecule has 0 amide bonds. The number of hydrogen-bond acceptors (Lipinski definition) is 3. The summed E-state index contributed by atoms with van der Waals surface area (Å²) in [5.74, 6) is -1.34. The smallest absolute Gasteiger partial charge is 0.339 e. The fourth-order valence-electron chi connectivity index (χ4n) is 1.57. The van der Waals surface area contributed by atoms with Gasteiger partial charge in [-0.05, 0) is 25.1 Å². The fourth-order valence-corrected chi connectivity index (χ4v) is 1.72. The molecular weight excluding hydrogens is 280 g/mol. The Morgan fingerprint density at radius 3 is 2.68 bits per heavy atom. The third-order valence-corrected chi connectivity index (χ3v) is 2.61. The molecule has 100 valence electrons. The number of nitrogens with zero attached hydrogens (tertiary/aromatic N) is 3. The van der Waals surface area contributed by atoms with Gasteiger partial charge in [-0.1, -0.05) is 11.6 Å². The maximum Gasteiger partial charge on any atom is 0.339 e. The van der Waals surface area contributed by atoms with Crippen LogP contribution in [0.5, 0.6) is 0 Å². The van der Waals surface area contributed by atoms with Crippen molar-refractivity contribution in [2.24, 2.45) is 0 Å². The topological polar surface area (TPSA) is 68.0 Å². The third-order valence-electron chi connectivity index (χ3n) is 2.40. The number of rotatable bonds is 3. The van der Waals surface area contributed by atoms with Crippen LogP contribution in [0.2, 0.25) is 5.15 Å². The monoisotopic (exact) mass is 287 g/mol. The number of alkyl halides is 2. The first-order valence-corrected chi connectivity index (χ1v) is 5.53. The molecule has 8 heteroatoms. The first-order chi connectivity index (χ1) is 8.90. The first-order valence-electron chi connectivity index (χ1n) is 5.15. The highest BCUT2D eigenvalue weighted by atomic mass is 35.5. The van der Waals surface area contributed by atoms with E-state index >= 15 is 0 Å². The quantitative estimate of drug-likeness (QED) is 0.881. The zero-order valence-corrected chi connectivity index (χ0v) is 10.4. The van der Waals surface area contributed by atoms with Gasteiger partial charge in [-0.2, -0.15) is 5.10 Å². The van der Waals surface area contributed by atoms with Crippen LogP contribution in [-0.4, -0.2) is 25.8 Å². The van der Waals surface area contributed by atoms with Crippen molar-refractivity contribution < 1.29 is 18.7 Å². The summed E-state index contributed by atoms with van der Waals surface area (Å²) in [7, 11) is 0. The number of pyridine rings is 1. The van der Waals surface area contributed by atoms with E-state index in [0.717, 1.165) is 4.68 Å². The molecule has 2 rings (SSSR count). The molecule has 0 saturated heterocycles. The summed E-state index contributed by atoms with van der Waals surface area (Å²) in [6.07, 6.45) is -2.74. The molecule has 0 spiro atoms. The van der Waals surface area contributed by atoms with Crippen LogP contribution in [0.1, 0.15) is 28.2 Å². The Morgan fingerprint density at radius 1 is 1.47 bits per heavy atom. The average Bonchev–Trinajstić information content (AvgIpc) is 2.71. The lowest BCUT2D eigenvalue weighted by Gasteiger charge is -2.07. The lowest BCUT2D eigenvalue weighted by molar-refractivity contribution is 0.0696. The lowest BCUT2D eigenvalue weighted by atomic mass is 10.2. The zero-order valence-electron chi connectivity index (χ0n) is 9.64. The Morgan fingerprint density at radius 2 is 2.16 bits per heavy atom. The van der Waals surface area contributed by atoms with Crippen LogP contribution in [0.3, 0.4) is 0 Å². The van der Waals surface area contributed by atoms with E-state index in [0.29, 0.717) is 5.69 Å². The number of aromatic nitrogens is 3. The second-order valence-corrected chi connectivity index (χ2v) is 4.12. The normalized spacial score (nSPS) is 11.0. The molecule has 0 unspecified atom stereocenters. The van der Waals surface area contributed by atoms with E-state index in [4.69, 9.17) is 16.7 Å². The van der Waals surface area contributed by atoms with E-state index in [1.807, 2.05) is 0 Å². The Bertz CT molecular complexity index is 643. The first kappa shape index (κ1) is 13.4. The van der Waals surface area contributed by atoms with Gasteiger partial charge in [0.1, 0.15) is 16.4 Å². The van der Waals surface area contributed by atoms with Crippen molar-refractivity contribution in [2.45, 2.75) is 13.3 Å². The van der Waals surface area contributed by atoms with Gasteiger partial charge in [0.25, 0.3) is 6.43 Å². The molecule has 0 saturated carbocycles. The highest BCUT2D eigenvalue weighted by Crippen LogP contribution is 2.22. The SMILES string of the molecule is Cc1cc(C(F)F)nn1-c1nc(Cl)ccc1C(=O)O. The van der Waals surface area contributed by atoms with Crippen LogP contribution >= 0.6 is 11.6 Å². The highest BCUT2D eigenvalue weighted by Gasteiger charge is 2.19. The van der Waals surface area contributed by atoms with Crippen molar-refractivity contribution in [3.63, 3.8) is 0 Å². The average molecular weight is 288 g/mol. The summed E-state index contributed by atoms with van der Waals surface area (Å²) in [5.41, 5.74) is -0.278. The number of carbonyl (C=O) groups is 1. The number of hydrogen-bond donors (Lipinski definition) is 1. The van der Waals surface area contributed by atoms with Gasteiger partial charge in [-0.3, -0.25) is 0 Å². The molecular formula is C11H8ClF2N3O2. The summed E-state index contributed by atoms with van der Waals surface area (Å²) in [4.78, 5) is 14.9. The summed E-state index contributed by atoms with van der Waals surface area (Å²) in [5, 5.41) is 12.7. The van der Waals surface area contributed by atoms with Crippen LogP contribution in [0.15, 0.2) is 18.2 Å². The lowest BCUT2D eigenvalue weighted by Crippen LogP contribution is -2.10. The van der Waals surface area contributed by atoms with E-state index in [2.05, 4.69) is 10.1 Å². The molecule has 0 aliphatic heterocycles. The minimum Gasteiger partial charge on any atom is -0.478 e. The molecule has 0 bridgehead atoms. The van der Waals surface area contributed by atoms with E-state index in [1.54, 1.807) is 0 Å². The fraction of sp³-hybridized carbons (Fsp3) is 0.182. The van der Waals surface area contributed by atoms with Crippen molar-refractivity contribution in [3.05, 3.63) is 40.3 Å². The van der Waals surface area contributed by atoms with Gasteiger partial charge in [0.05, 0.1) is 0 Å². The Labute approximate surface area is 111 Å². The van der Waals surface area contributed by atoms with E-state index < -0.39 is 18.1 Å². The predicted octanol–water partition coefficient (Wildman–Crippen LogP) is 2.86. The minimum atomic E-state index is -2.74. The maximum atomic E-state index is 12.6. The third kappa shape index (κ3) is 2.55. The number of halogens is 3. The molecule has 5 nitrogen and oxygen atoms in total. The van der Waals surface area contributed by atoms with Crippen molar-refractivity contribution in [1.29, 1.82) is 0 Å². The molecule has 0 aliphatic carbocycles. The van der Waals surface area contributed by atoms with Crippen molar-refractivity contribution in [2.75, 3.05) is 0 Å². The number of carboxylic acids is 1. The summed E-state index contributed by atoms with van der Waals surface area (Å²) >= 11 is 5.70. The molecule has 1 N–H and O–H groups in total. The van der Waals surface area contributed by atoms with Crippen LogP contribution in [0.4, 0.5) is 8.78 Å². The van der Waals surface area contributed by atoms with Gasteiger partial charge in [0.15, 0.2) is 5.82 Å². The van der Waals surface area contributed by atoms with E-state index in [-0.39, 0.29) is 16.5 Å². The van der Waals surface area contributed by atoms with Crippen molar-refractivity contribution in [3.8, 4) is 5.82 Å². The molecule has 0 atom stereocenters. The Kier molecular flexibility index (Phi) is 3.48.